The minimum atomic E-state index is 0.554. The Morgan fingerprint density at radius 3 is 2.18 bits per heavy atom. The van der Waals surface area contributed by atoms with Crippen LogP contribution in [0.1, 0.15) is 69.2 Å². The van der Waals surface area contributed by atoms with Gasteiger partial charge in [0.15, 0.2) is 5.82 Å². The SMILES string of the molecule is C=C/C=C(\C)C1=NCc2nnc(C)n2-c2sc(C)c(C)c21.C=CC.CC.CC. The molecule has 0 saturated carbocycles. The molecule has 0 unspecified atom stereocenters. The molecule has 0 bridgehead atoms. The number of hydrogen-bond donors (Lipinski definition) is 0. The van der Waals surface area contributed by atoms with E-state index in [1.165, 1.54) is 21.0 Å². The van der Waals surface area contributed by atoms with Crippen LogP contribution in [0.5, 0.6) is 0 Å². The van der Waals surface area contributed by atoms with Gasteiger partial charge >= 0.3 is 0 Å². The normalized spacial score (nSPS) is 11.6. The predicted molar refractivity (Wildman–Crippen MR) is 126 cm³/mol. The van der Waals surface area contributed by atoms with Crippen LogP contribution in [0.3, 0.4) is 0 Å². The Hall–Kier alpha value is -2.27. The van der Waals surface area contributed by atoms with Crippen molar-refractivity contribution in [2.75, 3.05) is 0 Å². The first-order valence-electron chi connectivity index (χ1n) is 9.89. The highest BCUT2D eigenvalue weighted by atomic mass is 32.1. The number of nitrogens with zero attached hydrogens (tertiary/aromatic N) is 4. The summed E-state index contributed by atoms with van der Waals surface area (Å²) < 4.78 is 2.14. The first kappa shape index (κ1) is 25.7. The summed E-state index contributed by atoms with van der Waals surface area (Å²) >= 11 is 1.78. The van der Waals surface area contributed by atoms with Crippen molar-refractivity contribution < 1.29 is 0 Å². The third-order valence-electron chi connectivity index (χ3n) is 3.82. The molecule has 1 aliphatic heterocycles. The van der Waals surface area contributed by atoms with E-state index < -0.39 is 0 Å². The fraction of sp³-hybridized carbons (Fsp3) is 0.435. The largest absolute Gasteiger partial charge is 0.276 e. The molecule has 3 rings (SSSR count). The van der Waals surface area contributed by atoms with Crippen LogP contribution in [0.2, 0.25) is 0 Å². The van der Waals surface area contributed by atoms with Gasteiger partial charge in [0.05, 0.1) is 5.71 Å². The molecule has 0 atom stereocenters. The third kappa shape index (κ3) is 5.61. The van der Waals surface area contributed by atoms with Crippen LogP contribution >= 0.6 is 11.3 Å². The van der Waals surface area contributed by atoms with E-state index in [-0.39, 0.29) is 0 Å². The molecule has 0 saturated heterocycles. The van der Waals surface area contributed by atoms with Gasteiger partial charge in [-0.3, -0.25) is 9.56 Å². The number of aliphatic imine (C=N–C) groups is 1. The summed E-state index contributed by atoms with van der Waals surface area (Å²) in [4.78, 5) is 6.10. The monoisotopic (exact) mass is 400 g/mol. The van der Waals surface area contributed by atoms with Crippen molar-refractivity contribution in [1.82, 2.24) is 14.8 Å². The zero-order valence-electron chi connectivity index (χ0n) is 19.1. The maximum atomic E-state index is 4.80. The molecule has 0 radical (unpaired) electrons. The van der Waals surface area contributed by atoms with Crippen LogP contribution in [-0.4, -0.2) is 20.5 Å². The van der Waals surface area contributed by atoms with E-state index in [4.69, 9.17) is 4.99 Å². The second-order valence-corrected chi connectivity index (χ2v) is 6.82. The van der Waals surface area contributed by atoms with Gasteiger partial charge in [-0.25, -0.2) is 0 Å². The highest BCUT2D eigenvalue weighted by Crippen LogP contribution is 2.35. The van der Waals surface area contributed by atoms with Gasteiger partial charge in [0.2, 0.25) is 0 Å². The highest BCUT2D eigenvalue weighted by Gasteiger charge is 2.25. The molecule has 0 amide bonds. The molecule has 4 nitrogen and oxygen atoms in total. The van der Waals surface area contributed by atoms with Gasteiger partial charge in [0.25, 0.3) is 0 Å². The summed E-state index contributed by atoms with van der Waals surface area (Å²) in [5, 5.41) is 9.65. The summed E-state index contributed by atoms with van der Waals surface area (Å²) in [6, 6.07) is 0. The van der Waals surface area contributed by atoms with Crippen molar-refractivity contribution in [2.45, 2.75) is 68.9 Å². The van der Waals surface area contributed by atoms with Crippen molar-refractivity contribution in [2.24, 2.45) is 4.99 Å². The highest BCUT2D eigenvalue weighted by molar-refractivity contribution is 7.15. The molecular weight excluding hydrogens is 364 g/mol. The first-order valence-corrected chi connectivity index (χ1v) is 10.7. The smallest absolute Gasteiger partial charge is 0.160 e. The maximum absolute atomic E-state index is 4.80. The third-order valence-corrected chi connectivity index (χ3v) is 5.01. The molecule has 0 fully saturated rings. The van der Waals surface area contributed by atoms with Crippen LogP contribution in [0.4, 0.5) is 0 Å². The Bertz CT molecular complexity index is 835. The standard InChI is InChI=1S/C16H18N4S.C3H6.2C2H6/c1-6-7-9(2)15-14-10(3)11(4)21-16(14)20-12(5)18-19-13(20)8-17-15;1-3-2;2*1-2/h6-7H,1,8H2,2-5H3;3H,1H2,2H3;2*1-2H3/b9-7+;;;. The summed E-state index contributed by atoms with van der Waals surface area (Å²) in [6.45, 7) is 26.0. The number of fused-ring (bicyclic) bond motifs is 3. The minimum absolute atomic E-state index is 0.554. The van der Waals surface area contributed by atoms with Gasteiger partial charge in [0, 0.05) is 10.4 Å². The molecule has 0 spiro atoms. The lowest BCUT2D eigenvalue weighted by atomic mass is 10.0. The molecule has 0 N–H and O–H groups in total. The lowest BCUT2D eigenvalue weighted by Gasteiger charge is -2.09. The van der Waals surface area contributed by atoms with E-state index in [2.05, 4.69) is 48.7 Å². The number of allylic oxidation sites excluding steroid dienone is 4. The van der Waals surface area contributed by atoms with Crippen molar-refractivity contribution in [3.8, 4) is 5.00 Å². The zero-order valence-corrected chi connectivity index (χ0v) is 19.9. The minimum Gasteiger partial charge on any atom is -0.276 e. The second kappa shape index (κ2) is 13.0. The fourth-order valence-electron chi connectivity index (χ4n) is 2.62. The Morgan fingerprint density at radius 2 is 1.64 bits per heavy atom. The van der Waals surface area contributed by atoms with Gasteiger partial charge in [-0.2, -0.15) is 0 Å². The molecule has 154 valence electrons. The number of rotatable bonds is 2. The number of aromatic nitrogens is 3. The predicted octanol–water partition coefficient (Wildman–Crippen LogP) is 6.93. The maximum Gasteiger partial charge on any atom is 0.160 e. The van der Waals surface area contributed by atoms with E-state index in [0.29, 0.717) is 6.54 Å². The first-order chi connectivity index (χ1) is 13.5. The summed E-state index contributed by atoms with van der Waals surface area (Å²) in [7, 11) is 0. The van der Waals surface area contributed by atoms with E-state index in [0.717, 1.165) is 22.9 Å². The Morgan fingerprint density at radius 1 is 1.07 bits per heavy atom. The van der Waals surface area contributed by atoms with Crippen molar-refractivity contribution in [1.29, 1.82) is 0 Å². The topological polar surface area (TPSA) is 43.1 Å². The summed E-state index contributed by atoms with van der Waals surface area (Å²) in [6.07, 6.45) is 5.57. The number of thiophene rings is 1. The lowest BCUT2D eigenvalue weighted by molar-refractivity contribution is 0.869. The van der Waals surface area contributed by atoms with Crippen molar-refractivity contribution in [3.05, 3.63) is 64.6 Å². The number of aryl methyl sites for hydroxylation is 2. The van der Waals surface area contributed by atoms with Gasteiger partial charge in [-0.15, -0.1) is 28.1 Å². The van der Waals surface area contributed by atoms with Gasteiger partial charge < -0.3 is 0 Å². The molecule has 1 aliphatic rings. The van der Waals surface area contributed by atoms with Crippen LogP contribution in [-0.2, 0) is 6.54 Å². The lowest BCUT2D eigenvalue weighted by Crippen LogP contribution is -2.06. The van der Waals surface area contributed by atoms with E-state index in [1.807, 2.05) is 53.7 Å². The molecule has 5 heteroatoms. The second-order valence-electron chi connectivity index (χ2n) is 5.62. The zero-order chi connectivity index (χ0) is 21.9. The molecule has 2 aromatic heterocycles. The Balaban J connectivity index is 0.000000930. The van der Waals surface area contributed by atoms with E-state index >= 15 is 0 Å². The number of hydrogen-bond acceptors (Lipinski definition) is 4. The Labute approximate surface area is 175 Å². The van der Waals surface area contributed by atoms with Crippen LogP contribution in [0.25, 0.3) is 5.00 Å². The molecule has 3 heterocycles. The summed E-state index contributed by atoms with van der Waals surface area (Å²) in [5.74, 6) is 1.81. The van der Waals surface area contributed by atoms with Gasteiger partial charge in [0.1, 0.15) is 17.4 Å². The molecule has 0 aliphatic carbocycles. The summed E-state index contributed by atoms with van der Waals surface area (Å²) in [5.41, 5.74) is 4.65. The van der Waals surface area contributed by atoms with E-state index in [1.54, 1.807) is 17.4 Å². The fourth-order valence-corrected chi connectivity index (χ4v) is 3.85. The van der Waals surface area contributed by atoms with Crippen LogP contribution in [0, 0.1) is 20.8 Å². The van der Waals surface area contributed by atoms with Crippen molar-refractivity contribution >= 4 is 17.0 Å². The molecule has 2 aromatic rings. The van der Waals surface area contributed by atoms with Gasteiger partial charge in [-0.05, 0) is 45.8 Å². The van der Waals surface area contributed by atoms with Crippen molar-refractivity contribution in [3.63, 3.8) is 0 Å². The Kier molecular flexibility index (Phi) is 11.9. The van der Waals surface area contributed by atoms with E-state index in [9.17, 15) is 0 Å². The molecule has 0 aromatic carbocycles. The quantitative estimate of drug-likeness (QED) is 0.405. The molecular formula is C23H36N4S. The van der Waals surface area contributed by atoms with Crippen LogP contribution < -0.4 is 0 Å². The van der Waals surface area contributed by atoms with Gasteiger partial charge in [-0.1, -0.05) is 52.5 Å². The van der Waals surface area contributed by atoms with Crippen LogP contribution in [0.15, 0.2) is 42.0 Å². The average molecular weight is 401 g/mol. The molecule has 28 heavy (non-hydrogen) atoms. The average Bonchev–Trinajstić information content (AvgIpc) is 3.14.